The van der Waals surface area contributed by atoms with Gasteiger partial charge in [0.05, 0.1) is 19.0 Å². The van der Waals surface area contributed by atoms with E-state index in [2.05, 4.69) is 29.5 Å². The van der Waals surface area contributed by atoms with Crippen molar-refractivity contribution in [2.24, 2.45) is 0 Å². The zero-order valence-electron chi connectivity index (χ0n) is 14.7. The first kappa shape index (κ1) is 18.3. The van der Waals surface area contributed by atoms with Gasteiger partial charge in [0.1, 0.15) is 12.4 Å². The summed E-state index contributed by atoms with van der Waals surface area (Å²) in [5.41, 5.74) is 0.632. The van der Waals surface area contributed by atoms with Crippen molar-refractivity contribution in [2.45, 2.75) is 38.8 Å². The first-order valence-electron chi connectivity index (χ1n) is 7.95. The summed E-state index contributed by atoms with van der Waals surface area (Å²) >= 11 is 0. The van der Waals surface area contributed by atoms with Gasteiger partial charge in [0.15, 0.2) is 0 Å². The molecule has 24 heavy (non-hydrogen) atoms. The Labute approximate surface area is 142 Å². The maximum absolute atomic E-state index is 12.5. The van der Waals surface area contributed by atoms with Crippen LogP contribution in [0.25, 0.3) is 10.9 Å². The zero-order valence-corrected chi connectivity index (χ0v) is 15.7. The van der Waals surface area contributed by atoms with Crippen LogP contribution in [0.5, 0.6) is 0 Å². The van der Waals surface area contributed by atoms with Crippen LogP contribution in [0, 0.1) is 0 Å². The quantitative estimate of drug-likeness (QED) is 0.437. The summed E-state index contributed by atoms with van der Waals surface area (Å²) in [4.78, 5) is 24.0. The molecule has 1 heterocycles. The van der Waals surface area contributed by atoms with Crippen LogP contribution in [0.1, 0.15) is 5.69 Å². The Hall–Kier alpha value is -1.99. The lowest BCUT2D eigenvalue weighted by Crippen LogP contribution is -2.24. The number of ether oxygens (including phenoxy) is 2. The van der Waals surface area contributed by atoms with Crippen LogP contribution in [0.15, 0.2) is 29.1 Å². The third-order valence-corrected chi connectivity index (χ3v) is 5.38. The minimum absolute atomic E-state index is 0.144. The van der Waals surface area contributed by atoms with Crippen LogP contribution in [0.2, 0.25) is 25.7 Å². The molecule has 0 saturated heterocycles. The number of carbonyl (C=O) groups excluding carboxylic acids is 1. The number of aromatic nitrogens is 2. The van der Waals surface area contributed by atoms with Crippen molar-refractivity contribution >= 4 is 24.9 Å². The second kappa shape index (κ2) is 7.72. The molecule has 0 amide bonds. The Morgan fingerprint density at radius 3 is 2.62 bits per heavy atom. The molecule has 0 fully saturated rings. The molecule has 7 heteroatoms. The highest BCUT2D eigenvalue weighted by molar-refractivity contribution is 6.76. The first-order chi connectivity index (χ1) is 11.3. The highest BCUT2D eigenvalue weighted by Crippen LogP contribution is 2.12. The molecule has 1 aromatic carbocycles. The lowest BCUT2D eigenvalue weighted by Gasteiger charge is -2.16. The molecule has 0 N–H and O–H groups in total. The molecule has 130 valence electrons. The molecule has 0 bridgehead atoms. The average Bonchev–Trinajstić information content (AvgIpc) is 2.54. The zero-order chi connectivity index (χ0) is 17.7. The fourth-order valence-electron chi connectivity index (χ4n) is 2.24. The smallest absolute Gasteiger partial charge is 0.311 e. The van der Waals surface area contributed by atoms with Crippen molar-refractivity contribution in [3.63, 3.8) is 0 Å². The van der Waals surface area contributed by atoms with Gasteiger partial charge in [-0.05, 0) is 18.2 Å². The van der Waals surface area contributed by atoms with Crippen molar-refractivity contribution in [1.82, 2.24) is 9.78 Å². The van der Waals surface area contributed by atoms with E-state index in [1.54, 1.807) is 16.8 Å². The normalized spacial score (nSPS) is 11.7. The molecule has 0 radical (unpaired) electrons. The average molecular weight is 348 g/mol. The lowest BCUT2D eigenvalue weighted by atomic mass is 10.2. The summed E-state index contributed by atoms with van der Waals surface area (Å²) in [6, 6.07) is 8.26. The third-order valence-electron chi connectivity index (χ3n) is 3.68. The van der Waals surface area contributed by atoms with Crippen molar-refractivity contribution in [1.29, 1.82) is 0 Å². The van der Waals surface area contributed by atoms with Gasteiger partial charge in [-0.2, -0.15) is 5.10 Å². The molecule has 6 nitrogen and oxygen atoms in total. The molecule has 0 atom stereocenters. The Kier molecular flexibility index (Phi) is 5.90. The predicted molar refractivity (Wildman–Crippen MR) is 95.8 cm³/mol. The number of methoxy groups -OCH3 is 1. The SMILES string of the molecule is COC(=O)Cc1nn(COCC[Si](C)(C)C)c2ccccc2c1=O. The van der Waals surface area contributed by atoms with Crippen LogP contribution in [-0.4, -0.2) is 37.5 Å². The van der Waals surface area contributed by atoms with E-state index in [1.165, 1.54) is 7.11 Å². The molecule has 2 rings (SSSR count). The molecule has 0 aliphatic carbocycles. The van der Waals surface area contributed by atoms with Gasteiger partial charge in [-0.3, -0.25) is 9.59 Å². The minimum atomic E-state index is -1.16. The van der Waals surface area contributed by atoms with Crippen molar-refractivity contribution in [3.05, 3.63) is 40.2 Å². The summed E-state index contributed by atoms with van der Waals surface area (Å²) < 4.78 is 12.0. The lowest BCUT2D eigenvalue weighted by molar-refractivity contribution is -0.139. The van der Waals surface area contributed by atoms with E-state index in [0.29, 0.717) is 17.5 Å². The maximum atomic E-state index is 12.5. The molecule has 1 aromatic heterocycles. The number of nitrogens with zero attached hydrogens (tertiary/aromatic N) is 2. The van der Waals surface area contributed by atoms with E-state index < -0.39 is 14.0 Å². The van der Waals surface area contributed by atoms with Crippen LogP contribution < -0.4 is 5.43 Å². The number of rotatable bonds is 7. The number of para-hydroxylation sites is 1. The van der Waals surface area contributed by atoms with Gasteiger partial charge in [-0.1, -0.05) is 31.8 Å². The molecule has 0 aliphatic heterocycles. The van der Waals surface area contributed by atoms with Crippen molar-refractivity contribution in [3.8, 4) is 0 Å². The highest BCUT2D eigenvalue weighted by atomic mass is 28.3. The minimum Gasteiger partial charge on any atom is -0.469 e. The van der Waals surface area contributed by atoms with Gasteiger partial charge in [0.2, 0.25) is 5.43 Å². The number of carbonyl (C=O) groups is 1. The largest absolute Gasteiger partial charge is 0.469 e. The highest BCUT2D eigenvalue weighted by Gasteiger charge is 2.15. The fraction of sp³-hybridized carbons (Fsp3) is 0.471. The third kappa shape index (κ3) is 4.75. The summed E-state index contributed by atoms with van der Waals surface area (Å²) in [6.07, 6.45) is -0.144. The van der Waals surface area contributed by atoms with Crippen molar-refractivity contribution < 1.29 is 14.3 Å². The van der Waals surface area contributed by atoms with Gasteiger partial charge in [-0.15, -0.1) is 0 Å². The van der Waals surface area contributed by atoms with E-state index in [9.17, 15) is 9.59 Å². The van der Waals surface area contributed by atoms with E-state index in [1.807, 2.05) is 12.1 Å². The number of esters is 1. The van der Waals surface area contributed by atoms with E-state index in [0.717, 1.165) is 6.04 Å². The van der Waals surface area contributed by atoms with E-state index in [-0.39, 0.29) is 24.3 Å². The molecule has 0 saturated carbocycles. The van der Waals surface area contributed by atoms with E-state index in [4.69, 9.17) is 4.74 Å². The standard InChI is InChI=1S/C17H24N2O4Si/c1-22-16(20)11-14-17(21)13-7-5-6-8-15(13)19(18-14)12-23-9-10-24(2,3)4/h5-8H,9-12H2,1-4H3. The second-order valence-corrected chi connectivity index (χ2v) is 12.5. The Morgan fingerprint density at radius 1 is 1.25 bits per heavy atom. The van der Waals surface area contributed by atoms with Gasteiger partial charge < -0.3 is 9.47 Å². The summed E-state index contributed by atoms with van der Waals surface area (Å²) in [5.74, 6) is -0.485. The Bertz CT molecular complexity index is 780. The molecule has 0 spiro atoms. The first-order valence-corrected chi connectivity index (χ1v) is 11.7. The number of fused-ring (bicyclic) bond motifs is 1. The van der Waals surface area contributed by atoms with Crippen molar-refractivity contribution in [2.75, 3.05) is 13.7 Å². The second-order valence-electron chi connectivity index (χ2n) is 6.89. The maximum Gasteiger partial charge on any atom is 0.311 e. The van der Waals surface area contributed by atoms with Gasteiger partial charge in [0.25, 0.3) is 0 Å². The van der Waals surface area contributed by atoms with Gasteiger partial charge >= 0.3 is 5.97 Å². The number of hydrogen-bond donors (Lipinski definition) is 0. The van der Waals surface area contributed by atoms with Crippen LogP contribution >= 0.6 is 0 Å². The number of hydrogen-bond acceptors (Lipinski definition) is 5. The molecule has 2 aromatic rings. The predicted octanol–water partition coefficient (Wildman–Crippen LogP) is 2.42. The Balaban J connectivity index is 2.28. The fourth-order valence-corrected chi connectivity index (χ4v) is 3.00. The summed E-state index contributed by atoms with van der Waals surface area (Å²) in [6.45, 7) is 7.77. The van der Waals surface area contributed by atoms with Gasteiger partial charge in [0, 0.05) is 20.1 Å². The van der Waals surface area contributed by atoms with Gasteiger partial charge in [-0.25, -0.2) is 4.68 Å². The molecular weight excluding hydrogens is 324 g/mol. The Morgan fingerprint density at radius 2 is 1.96 bits per heavy atom. The molecular formula is C17H24N2O4Si. The number of benzene rings is 1. The van der Waals surface area contributed by atoms with Crippen LogP contribution in [0.4, 0.5) is 0 Å². The monoisotopic (exact) mass is 348 g/mol. The molecule has 0 unspecified atom stereocenters. The summed E-state index contributed by atoms with van der Waals surface area (Å²) in [7, 11) is 0.132. The summed E-state index contributed by atoms with van der Waals surface area (Å²) in [5, 5.41) is 4.84. The van der Waals surface area contributed by atoms with Crippen LogP contribution in [0.3, 0.4) is 0 Å². The van der Waals surface area contributed by atoms with E-state index >= 15 is 0 Å². The van der Waals surface area contributed by atoms with Crippen LogP contribution in [-0.2, 0) is 27.4 Å². The topological polar surface area (TPSA) is 70.4 Å². The molecule has 0 aliphatic rings.